The van der Waals surface area contributed by atoms with Gasteiger partial charge in [-0.25, -0.2) is 14.0 Å². The van der Waals surface area contributed by atoms with Crippen LogP contribution in [0, 0.1) is 11.2 Å². The summed E-state index contributed by atoms with van der Waals surface area (Å²) in [6, 6.07) is 19.2. The smallest absolute Gasteiger partial charge is 0.407 e. The Morgan fingerprint density at radius 3 is 2.14 bits per heavy atom. The van der Waals surface area contributed by atoms with E-state index in [0.29, 0.717) is 0 Å². The van der Waals surface area contributed by atoms with Crippen molar-refractivity contribution in [3.63, 3.8) is 0 Å². The number of carboxylic acid groups (broad SMARTS) is 1. The zero-order chi connectivity index (χ0) is 25.2. The Bertz CT molecular complexity index is 1260. The minimum Gasteiger partial charge on any atom is -0.478 e. The molecular weight excluding hydrogens is 451 g/mol. The highest BCUT2D eigenvalue weighted by Crippen LogP contribution is 2.44. The van der Waals surface area contributed by atoms with Crippen molar-refractivity contribution in [1.29, 1.82) is 0 Å². The molecule has 0 bridgehead atoms. The third-order valence-electron chi connectivity index (χ3n) is 6.10. The van der Waals surface area contributed by atoms with Crippen molar-refractivity contribution >= 4 is 23.7 Å². The number of nitrogens with one attached hydrogen (secondary N) is 2. The molecular formula is C27H25FN2O5. The van der Waals surface area contributed by atoms with E-state index >= 15 is 0 Å². The zero-order valence-corrected chi connectivity index (χ0v) is 19.3. The number of fused-ring (bicyclic) bond motifs is 3. The molecule has 8 heteroatoms. The molecule has 1 aliphatic carbocycles. The van der Waals surface area contributed by atoms with E-state index in [2.05, 4.69) is 10.6 Å². The number of carbonyl (C=O) groups excluding carboxylic acids is 2. The van der Waals surface area contributed by atoms with E-state index < -0.39 is 29.2 Å². The highest BCUT2D eigenvalue weighted by Gasteiger charge is 2.31. The van der Waals surface area contributed by atoms with E-state index in [1.807, 2.05) is 48.5 Å². The van der Waals surface area contributed by atoms with Gasteiger partial charge < -0.3 is 20.5 Å². The summed E-state index contributed by atoms with van der Waals surface area (Å²) in [5.74, 6) is -2.76. The van der Waals surface area contributed by atoms with E-state index in [1.54, 1.807) is 13.8 Å². The highest BCUT2D eigenvalue weighted by molar-refractivity contribution is 5.96. The number of rotatable bonds is 7. The van der Waals surface area contributed by atoms with Crippen molar-refractivity contribution in [2.24, 2.45) is 5.41 Å². The molecule has 0 heterocycles. The molecule has 4 rings (SSSR count). The molecule has 0 aliphatic heterocycles. The predicted molar refractivity (Wildman–Crippen MR) is 129 cm³/mol. The Labute approximate surface area is 201 Å². The van der Waals surface area contributed by atoms with Crippen molar-refractivity contribution in [2.45, 2.75) is 19.8 Å². The van der Waals surface area contributed by atoms with Crippen LogP contribution >= 0.6 is 0 Å². The molecule has 0 aromatic heterocycles. The van der Waals surface area contributed by atoms with Crippen molar-refractivity contribution < 1.29 is 28.6 Å². The van der Waals surface area contributed by atoms with Gasteiger partial charge in [0.2, 0.25) is 5.91 Å². The monoisotopic (exact) mass is 476 g/mol. The second-order valence-corrected chi connectivity index (χ2v) is 9.02. The number of hydrogen-bond acceptors (Lipinski definition) is 4. The number of benzene rings is 3. The maximum absolute atomic E-state index is 14.2. The highest BCUT2D eigenvalue weighted by atomic mass is 19.1. The molecule has 3 aromatic rings. The number of carbonyl (C=O) groups is 3. The SMILES string of the molecule is CC(C)(CNC(=O)OCC1c2ccccc2-c2ccccc21)C(=O)Nc1ccc(C(=O)O)cc1F. The summed E-state index contributed by atoms with van der Waals surface area (Å²) in [6.45, 7) is 3.28. The van der Waals surface area contributed by atoms with Gasteiger partial charge in [0.25, 0.3) is 0 Å². The average molecular weight is 477 g/mol. The standard InChI is InChI=1S/C27H25FN2O5/c1-27(2,25(33)30-23-12-11-16(24(31)32)13-22(23)28)15-29-26(34)35-14-21-19-9-5-3-7-17(19)18-8-4-6-10-20(18)21/h3-13,21H,14-15H2,1-2H3,(H,29,34)(H,30,33)(H,31,32). The molecule has 0 radical (unpaired) electrons. The summed E-state index contributed by atoms with van der Waals surface area (Å²) in [7, 11) is 0. The first-order valence-electron chi connectivity index (χ1n) is 11.1. The Hall–Kier alpha value is -4.20. The van der Waals surface area contributed by atoms with Crippen LogP contribution in [0.3, 0.4) is 0 Å². The van der Waals surface area contributed by atoms with Crippen molar-refractivity contribution in [3.8, 4) is 11.1 Å². The van der Waals surface area contributed by atoms with E-state index in [-0.39, 0.29) is 30.3 Å². The van der Waals surface area contributed by atoms with Gasteiger partial charge in [0.15, 0.2) is 0 Å². The molecule has 3 aromatic carbocycles. The fourth-order valence-electron chi connectivity index (χ4n) is 4.06. The Morgan fingerprint density at radius 2 is 1.57 bits per heavy atom. The minimum absolute atomic E-state index is 0.0513. The first-order valence-corrected chi connectivity index (χ1v) is 11.1. The number of hydrogen-bond donors (Lipinski definition) is 3. The van der Waals surface area contributed by atoms with Crippen LogP contribution in [0.1, 0.15) is 41.3 Å². The molecule has 35 heavy (non-hydrogen) atoms. The van der Waals surface area contributed by atoms with Gasteiger partial charge in [-0.3, -0.25) is 4.79 Å². The molecule has 0 atom stereocenters. The first kappa shape index (κ1) is 23.9. The topological polar surface area (TPSA) is 105 Å². The van der Waals surface area contributed by atoms with Crippen LogP contribution in [0.2, 0.25) is 0 Å². The third-order valence-corrected chi connectivity index (χ3v) is 6.10. The van der Waals surface area contributed by atoms with Crippen LogP contribution in [0.25, 0.3) is 11.1 Å². The van der Waals surface area contributed by atoms with Gasteiger partial charge in [0, 0.05) is 12.5 Å². The van der Waals surface area contributed by atoms with Gasteiger partial charge in [-0.05, 0) is 54.3 Å². The van der Waals surface area contributed by atoms with Crippen molar-refractivity contribution in [3.05, 3.63) is 89.2 Å². The zero-order valence-electron chi connectivity index (χ0n) is 19.3. The number of anilines is 1. The molecule has 3 N–H and O–H groups in total. The van der Waals surface area contributed by atoms with Crippen LogP contribution in [0.4, 0.5) is 14.9 Å². The number of halogens is 1. The molecule has 0 saturated carbocycles. The van der Waals surface area contributed by atoms with Crippen LogP contribution < -0.4 is 10.6 Å². The number of carboxylic acids is 1. The largest absolute Gasteiger partial charge is 0.478 e. The second kappa shape index (κ2) is 9.58. The Kier molecular flexibility index (Phi) is 6.55. The number of alkyl carbamates (subject to hydrolysis) is 1. The lowest BCUT2D eigenvalue weighted by Gasteiger charge is -2.24. The van der Waals surface area contributed by atoms with Gasteiger partial charge in [-0.15, -0.1) is 0 Å². The second-order valence-electron chi connectivity index (χ2n) is 9.02. The van der Waals surface area contributed by atoms with E-state index in [4.69, 9.17) is 9.84 Å². The lowest BCUT2D eigenvalue weighted by atomic mass is 9.92. The molecule has 2 amide bonds. The third kappa shape index (κ3) is 5.01. The van der Waals surface area contributed by atoms with Crippen molar-refractivity contribution in [1.82, 2.24) is 5.32 Å². The molecule has 7 nitrogen and oxygen atoms in total. The molecule has 0 fully saturated rings. The minimum atomic E-state index is -1.27. The summed E-state index contributed by atoms with van der Waals surface area (Å²) >= 11 is 0. The lowest BCUT2D eigenvalue weighted by Crippen LogP contribution is -2.42. The van der Waals surface area contributed by atoms with Crippen LogP contribution in [-0.4, -0.2) is 36.2 Å². The van der Waals surface area contributed by atoms with Crippen LogP contribution in [0.15, 0.2) is 66.7 Å². The summed E-state index contributed by atoms with van der Waals surface area (Å²) in [5, 5.41) is 14.0. The molecule has 180 valence electrons. The normalized spacial score (nSPS) is 12.4. The molecule has 0 spiro atoms. The summed E-state index contributed by atoms with van der Waals surface area (Å²) in [4.78, 5) is 36.0. The van der Waals surface area contributed by atoms with Crippen molar-refractivity contribution in [2.75, 3.05) is 18.5 Å². The summed E-state index contributed by atoms with van der Waals surface area (Å²) in [5.41, 5.74) is 2.97. The Morgan fingerprint density at radius 1 is 0.971 bits per heavy atom. The van der Waals surface area contributed by atoms with Crippen LogP contribution in [0.5, 0.6) is 0 Å². The van der Waals surface area contributed by atoms with E-state index in [9.17, 15) is 18.8 Å². The number of aromatic carboxylic acids is 1. The number of ether oxygens (including phenoxy) is 1. The fraction of sp³-hybridized carbons (Fsp3) is 0.222. The number of amides is 2. The first-order chi connectivity index (χ1) is 16.7. The molecule has 1 aliphatic rings. The van der Waals surface area contributed by atoms with Crippen LogP contribution in [-0.2, 0) is 9.53 Å². The predicted octanol–water partition coefficient (Wildman–Crippen LogP) is 5.03. The quantitative estimate of drug-likeness (QED) is 0.444. The Balaban J connectivity index is 1.34. The molecule has 0 unspecified atom stereocenters. The van der Waals surface area contributed by atoms with Gasteiger partial charge in [0.05, 0.1) is 16.7 Å². The van der Waals surface area contributed by atoms with Gasteiger partial charge in [-0.1, -0.05) is 48.5 Å². The van der Waals surface area contributed by atoms with Gasteiger partial charge in [0.1, 0.15) is 12.4 Å². The average Bonchev–Trinajstić information content (AvgIpc) is 3.16. The summed E-state index contributed by atoms with van der Waals surface area (Å²) < 4.78 is 19.7. The maximum atomic E-state index is 14.2. The molecule has 0 saturated heterocycles. The lowest BCUT2D eigenvalue weighted by molar-refractivity contribution is -0.123. The van der Waals surface area contributed by atoms with Gasteiger partial charge in [-0.2, -0.15) is 0 Å². The van der Waals surface area contributed by atoms with E-state index in [0.717, 1.165) is 28.3 Å². The van der Waals surface area contributed by atoms with E-state index in [1.165, 1.54) is 12.1 Å². The fourth-order valence-corrected chi connectivity index (χ4v) is 4.06. The summed E-state index contributed by atoms with van der Waals surface area (Å²) in [6.07, 6.45) is -0.662. The maximum Gasteiger partial charge on any atom is 0.407 e. The van der Waals surface area contributed by atoms with Gasteiger partial charge >= 0.3 is 12.1 Å².